The van der Waals surface area contributed by atoms with Crippen LogP contribution < -0.4 is 5.48 Å². The van der Waals surface area contributed by atoms with Crippen molar-refractivity contribution in [2.45, 2.75) is 32.4 Å². The fourth-order valence-corrected chi connectivity index (χ4v) is 1.80. The zero-order valence-electron chi connectivity index (χ0n) is 8.43. The maximum atomic E-state index is 11.7. The highest BCUT2D eigenvalue weighted by Crippen LogP contribution is 2.31. The van der Waals surface area contributed by atoms with Gasteiger partial charge in [-0.25, -0.2) is 5.48 Å². The molecule has 0 aromatic heterocycles. The molecule has 2 unspecified atom stereocenters. The predicted octanol–water partition coefficient (Wildman–Crippen LogP) is 2.03. The Morgan fingerprint density at radius 1 is 1.47 bits per heavy atom. The van der Waals surface area contributed by atoms with Crippen LogP contribution in [-0.4, -0.2) is 18.7 Å². The van der Waals surface area contributed by atoms with Crippen molar-refractivity contribution in [1.29, 1.82) is 0 Å². The van der Waals surface area contributed by atoms with E-state index in [9.17, 15) is 18.0 Å². The van der Waals surface area contributed by atoms with Crippen molar-refractivity contribution < 1.29 is 22.8 Å². The number of amides is 1. The Bertz CT molecular complexity index is 230. The van der Waals surface area contributed by atoms with Crippen LogP contribution >= 0.6 is 0 Å². The summed E-state index contributed by atoms with van der Waals surface area (Å²) in [6.45, 7) is 0.473. The molecule has 0 spiro atoms. The summed E-state index contributed by atoms with van der Waals surface area (Å²) in [5.41, 5.74) is 1.85. The molecule has 3 nitrogen and oxygen atoms in total. The molecule has 0 saturated heterocycles. The fraction of sp³-hybridized carbons (Fsp3) is 0.889. The predicted molar refractivity (Wildman–Crippen MR) is 46.7 cm³/mol. The first-order valence-corrected chi connectivity index (χ1v) is 4.88. The van der Waals surface area contributed by atoms with Gasteiger partial charge in [0, 0.05) is 5.92 Å². The second-order valence-electron chi connectivity index (χ2n) is 3.88. The Morgan fingerprint density at radius 3 is 2.60 bits per heavy atom. The lowest BCUT2D eigenvalue weighted by Gasteiger charge is -2.15. The van der Waals surface area contributed by atoms with E-state index in [4.69, 9.17) is 0 Å². The molecular weight excluding hydrogens is 211 g/mol. The van der Waals surface area contributed by atoms with Gasteiger partial charge in [-0.05, 0) is 18.8 Å². The Morgan fingerprint density at radius 2 is 2.13 bits per heavy atom. The summed E-state index contributed by atoms with van der Waals surface area (Å²) in [4.78, 5) is 15.4. The lowest BCUT2D eigenvalue weighted by Crippen LogP contribution is -2.34. The minimum Gasteiger partial charge on any atom is -0.272 e. The van der Waals surface area contributed by atoms with Crippen molar-refractivity contribution in [2.24, 2.45) is 11.8 Å². The highest BCUT2D eigenvalue weighted by atomic mass is 19.4. The van der Waals surface area contributed by atoms with Gasteiger partial charge in [0.1, 0.15) is 0 Å². The van der Waals surface area contributed by atoms with Crippen LogP contribution in [0, 0.1) is 11.8 Å². The molecule has 88 valence electrons. The molecule has 0 aliphatic heterocycles. The number of rotatable bonds is 3. The second-order valence-corrected chi connectivity index (χ2v) is 3.88. The highest BCUT2D eigenvalue weighted by molar-refractivity contribution is 5.78. The van der Waals surface area contributed by atoms with Gasteiger partial charge in [-0.3, -0.25) is 9.63 Å². The molecule has 1 fully saturated rings. The third kappa shape index (κ3) is 4.07. The van der Waals surface area contributed by atoms with Crippen LogP contribution in [0.15, 0.2) is 0 Å². The third-order valence-electron chi connectivity index (χ3n) is 2.61. The molecule has 1 saturated carbocycles. The van der Waals surface area contributed by atoms with Crippen LogP contribution in [-0.2, 0) is 9.63 Å². The van der Waals surface area contributed by atoms with Gasteiger partial charge >= 0.3 is 6.18 Å². The van der Waals surface area contributed by atoms with E-state index in [0.29, 0.717) is 0 Å². The smallest absolute Gasteiger partial charge is 0.272 e. The first kappa shape index (κ1) is 12.3. The largest absolute Gasteiger partial charge is 0.414 e. The fourth-order valence-electron chi connectivity index (χ4n) is 1.80. The molecule has 6 heteroatoms. The molecule has 0 radical (unpaired) electrons. The monoisotopic (exact) mass is 225 g/mol. The summed E-state index contributed by atoms with van der Waals surface area (Å²) in [5.74, 6) is -0.429. The summed E-state index contributed by atoms with van der Waals surface area (Å²) >= 11 is 0. The van der Waals surface area contributed by atoms with Crippen LogP contribution in [0.1, 0.15) is 26.2 Å². The summed E-state index contributed by atoms with van der Waals surface area (Å²) in [6.07, 6.45) is -1.80. The maximum absolute atomic E-state index is 11.7. The first-order valence-electron chi connectivity index (χ1n) is 4.88. The standard InChI is InChI=1S/C9H14F3NO2/c1-6-3-2-4-7(6)8(14)13-15-5-9(10,11)12/h6-7H,2-5H2,1H3,(H,13,14). The van der Waals surface area contributed by atoms with E-state index in [0.717, 1.165) is 19.3 Å². The van der Waals surface area contributed by atoms with E-state index in [2.05, 4.69) is 4.84 Å². The normalized spacial score (nSPS) is 26.7. The van der Waals surface area contributed by atoms with Gasteiger partial charge in [0.05, 0.1) is 0 Å². The van der Waals surface area contributed by atoms with Crippen LogP contribution in [0.25, 0.3) is 0 Å². The van der Waals surface area contributed by atoms with Crippen molar-refractivity contribution in [3.8, 4) is 0 Å². The van der Waals surface area contributed by atoms with E-state index >= 15 is 0 Å². The molecule has 0 heterocycles. The van der Waals surface area contributed by atoms with E-state index < -0.39 is 18.7 Å². The number of nitrogens with one attached hydrogen (secondary N) is 1. The molecule has 0 aromatic rings. The van der Waals surface area contributed by atoms with Gasteiger partial charge < -0.3 is 0 Å². The first-order chi connectivity index (χ1) is 6.90. The molecule has 2 atom stereocenters. The Labute approximate surface area is 85.9 Å². The molecule has 0 bridgehead atoms. The number of carbonyl (C=O) groups is 1. The van der Waals surface area contributed by atoms with Crippen LogP contribution in [0.2, 0.25) is 0 Å². The summed E-state index contributed by atoms with van der Waals surface area (Å²) in [5, 5.41) is 0. The minimum atomic E-state index is -4.41. The molecular formula is C9H14F3NO2. The van der Waals surface area contributed by atoms with Crippen molar-refractivity contribution in [2.75, 3.05) is 6.61 Å². The van der Waals surface area contributed by atoms with Gasteiger partial charge in [0.25, 0.3) is 0 Å². The maximum Gasteiger partial charge on any atom is 0.414 e. The van der Waals surface area contributed by atoms with Crippen LogP contribution in [0.3, 0.4) is 0 Å². The van der Waals surface area contributed by atoms with E-state index in [-0.39, 0.29) is 11.8 Å². The molecule has 1 aliphatic carbocycles. The molecule has 15 heavy (non-hydrogen) atoms. The number of hydroxylamine groups is 1. The summed E-state index contributed by atoms with van der Waals surface area (Å²) in [6, 6.07) is 0. The van der Waals surface area contributed by atoms with Crippen molar-refractivity contribution in [1.82, 2.24) is 5.48 Å². The molecule has 0 aromatic carbocycles. The van der Waals surface area contributed by atoms with E-state index in [1.165, 1.54) is 0 Å². The molecule has 1 amide bonds. The Kier molecular flexibility index (Phi) is 3.96. The average molecular weight is 225 g/mol. The third-order valence-corrected chi connectivity index (χ3v) is 2.61. The SMILES string of the molecule is CC1CCCC1C(=O)NOCC(F)(F)F. The van der Waals surface area contributed by atoms with Crippen LogP contribution in [0.5, 0.6) is 0 Å². The lowest BCUT2D eigenvalue weighted by molar-refractivity contribution is -0.193. The Balaban J connectivity index is 2.24. The van der Waals surface area contributed by atoms with Crippen molar-refractivity contribution >= 4 is 5.91 Å². The topological polar surface area (TPSA) is 38.3 Å². The molecule has 1 rings (SSSR count). The number of halogens is 3. The zero-order valence-corrected chi connectivity index (χ0v) is 8.43. The summed E-state index contributed by atoms with van der Waals surface area (Å²) in [7, 11) is 0. The molecule has 1 aliphatic rings. The van der Waals surface area contributed by atoms with E-state index in [1.807, 2.05) is 12.4 Å². The van der Waals surface area contributed by atoms with Gasteiger partial charge in [-0.2, -0.15) is 13.2 Å². The Hall–Kier alpha value is -0.780. The highest BCUT2D eigenvalue weighted by Gasteiger charge is 2.32. The van der Waals surface area contributed by atoms with Gasteiger partial charge in [-0.1, -0.05) is 13.3 Å². The van der Waals surface area contributed by atoms with Crippen molar-refractivity contribution in [3.05, 3.63) is 0 Å². The van der Waals surface area contributed by atoms with E-state index in [1.54, 1.807) is 0 Å². The lowest BCUT2D eigenvalue weighted by atomic mass is 9.98. The minimum absolute atomic E-state index is 0.210. The van der Waals surface area contributed by atoms with Gasteiger partial charge in [-0.15, -0.1) is 0 Å². The van der Waals surface area contributed by atoms with Gasteiger partial charge in [0.2, 0.25) is 5.91 Å². The zero-order chi connectivity index (χ0) is 11.5. The summed E-state index contributed by atoms with van der Waals surface area (Å²) < 4.78 is 35.1. The molecule has 1 N–H and O–H groups in total. The number of carbonyl (C=O) groups excluding carboxylic acids is 1. The second kappa shape index (κ2) is 4.83. The van der Waals surface area contributed by atoms with Crippen molar-refractivity contribution in [3.63, 3.8) is 0 Å². The number of hydrogen-bond donors (Lipinski definition) is 1. The quantitative estimate of drug-likeness (QED) is 0.746. The number of hydrogen-bond acceptors (Lipinski definition) is 2. The van der Waals surface area contributed by atoms with Gasteiger partial charge in [0.15, 0.2) is 6.61 Å². The number of alkyl halides is 3. The average Bonchev–Trinajstić information content (AvgIpc) is 2.48. The van der Waals surface area contributed by atoms with Crippen LogP contribution in [0.4, 0.5) is 13.2 Å².